The molecule has 1 fully saturated rings. The van der Waals surface area contributed by atoms with Crippen LogP contribution in [0, 0.1) is 12.8 Å². The van der Waals surface area contributed by atoms with Crippen molar-refractivity contribution in [3.05, 3.63) is 35.4 Å². The zero-order valence-corrected chi connectivity index (χ0v) is 17.6. The van der Waals surface area contributed by atoms with Crippen molar-refractivity contribution in [1.29, 1.82) is 0 Å². The molecule has 2 rings (SSSR count). The number of carboxylic acid groups (broad SMARTS) is 1. The Morgan fingerprint density at radius 3 is 2.39 bits per heavy atom. The third-order valence-electron chi connectivity index (χ3n) is 3.84. The molecule has 2 atom stereocenters. The summed E-state index contributed by atoms with van der Waals surface area (Å²) in [6, 6.07) is 6.97. The van der Waals surface area contributed by atoms with Gasteiger partial charge < -0.3 is 19.5 Å². The maximum Gasteiger partial charge on any atom is 1.00 e. The van der Waals surface area contributed by atoms with Gasteiger partial charge in [-0.3, -0.25) is 0 Å². The van der Waals surface area contributed by atoms with Gasteiger partial charge in [0.2, 0.25) is 0 Å². The predicted molar refractivity (Wildman–Crippen MR) is 80.0 cm³/mol. The minimum Gasteiger partial charge on any atom is -0.550 e. The molecule has 0 aliphatic carbocycles. The Kier molecular flexibility index (Phi) is 7.28. The van der Waals surface area contributed by atoms with Crippen LogP contribution >= 0.6 is 0 Å². The quantitative estimate of drug-likeness (QED) is 0.649. The van der Waals surface area contributed by atoms with Crippen LogP contribution in [0.15, 0.2) is 24.3 Å². The average Bonchev–Trinajstić information content (AvgIpc) is 2.82. The van der Waals surface area contributed by atoms with Gasteiger partial charge in [0.15, 0.2) is 0 Å². The molecule has 23 heavy (non-hydrogen) atoms. The van der Waals surface area contributed by atoms with Gasteiger partial charge in [-0.1, -0.05) is 24.3 Å². The predicted octanol–water partition coefficient (Wildman–Crippen LogP) is -0.953. The molecular weight excluding hydrogens is 321 g/mol. The first-order valence-corrected chi connectivity index (χ1v) is 7.46. The third-order valence-corrected chi connectivity index (χ3v) is 3.84. The van der Waals surface area contributed by atoms with Crippen molar-refractivity contribution < 1.29 is 70.8 Å². The second-order valence-corrected chi connectivity index (χ2v) is 6.69. The van der Waals surface area contributed by atoms with E-state index in [1.54, 1.807) is 20.8 Å². The van der Waals surface area contributed by atoms with Crippen molar-refractivity contribution in [2.75, 3.05) is 6.54 Å². The second-order valence-electron chi connectivity index (χ2n) is 6.69. The van der Waals surface area contributed by atoms with Gasteiger partial charge in [-0.25, -0.2) is 4.79 Å². The minimum absolute atomic E-state index is 0. The van der Waals surface area contributed by atoms with Crippen LogP contribution in [-0.2, 0) is 9.53 Å². The van der Waals surface area contributed by atoms with Crippen LogP contribution in [0.4, 0.5) is 4.79 Å². The van der Waals surface area contributed by atoms with Crippen molar-refractivity contribution in [2.24, 2.45) is 5.92 Å². The molecule has 120 valence electrons. The fraction of sp³-hybridized carbons (Fsp3) is 0.529. The standard InChI is InChI=1S/C17H23NO4.K/c1-11-7-5-6-8-12(11)14-13(15(19)20)9-10-18(14)16(21)22-17(2,3)4;/h5-8,13-14H,9-10H2,1-4H3,(H,19,20);/q;+1/p-1/t13-,14?;/m1./s1. The molecule has 0 spiro atoms. The Hall–Kier alpha value is -0.404. The van der Waals surface area contributed by atoms with Crippen molar-refractivity contribution >= 4 is 12.1 Å². The molecule has 1 amide bonds. The van der Waals surface area contributed by atoms with Gasteiger partial charge in [0.05, 0.1) is 6.04 Å². The van der Waals surface area contributed by atoms with Crippen LogP contribution < -0.4 is 56.5 Å². The summed E-state index contributed by atoms with van der Waals surface area (Å²) < 4.78 is 5.41. The van der Waals surface area contributed by atoms with E-state index >= 15 is 0 Å². The third kappa shape index (κ3) is 5.03. The first-order chi connectivity index (χ1) is 10.2. The van der Waals surface area contributed by atoms with Crippen molar-refractivity contribution in [2.45, 2.75) is 45.8 Å². The number of hydrogen-bond acceptors (Lipinski definition) is 4. The number of aryl methyl sites for hydroxylation is 1. The number of carboxylic acids is 1. The maximum atomic E-state index is 12.4. The average molecular weight is 343 g/mol. The summed E-state index contributed by atoms with van der Waals surface area (Å²) in [7, 11) is 0. The van der Waals surface area contributed by atoms with Gasteiger partial charge in [-0.05, 0) is 45.2 Å². The van der Waals surface area contributed by atoms with E-state index in [4.69, 9.17) is 4.74 Å². The fourth-order valence-electron chi connectivity index (χ4n) is 2.87. The van der Waals surface area contributed by atoms with Crippen molar-refractivity contribution in [3.8, 4) is 0 Å². The zero-order valence-electron chi connectivity index (χ0n) is 14.5. The Labute approximate surface area is 179 Å². The van der Waals surface area contributed by atoms with Gasteiger partial charge in [0.1, 0.15) is 5.60 Å². The Morgan fingerprint density at radius 2 is 1.87 bits per heavy atom. The number of aliphatic carboxylic acids is 1. The number of hydrogen-bond donors (Lipinski definition) is 0. The van der Waals surface area contributed by atoms with Crippen LogP contribution in [-0.4, -0.2) is 29.1 Å². The molecule has 0 bridgehead atoms. The SMILES string of the molecule is Cc1ccccc1C1[C@H](C(=O)[O-])CCN1C(=O)OC(C)(C)C.[K+]. The number of rotatable bonds is 2. The van der Waals surface area contributed by atoms with Gasteiger partial charge in [0, 0.05) is 18.4 Å². The van der Waals surface area contributed by atoms with E-state index in [-0.39, 0.29) is 51.4 Å². The zero-order chi connectivity index (χ0) is 16.5. The molecule has 1 aromatic carbocycles. The van der Waals surface area contributed by atoms with E-state index in [1.807, 2.05) is 31.2 Å². The molecule has 5 nitrogen and oxygen atoms in total. The summed E-state index contributed by atoms with van der Waals surface area (Å²) in [6.45, 7) is 7.64. The number of nitrogens with zero attached hydrogens (tertiary/aromatic N) is 1. The molecule has 1 aromatic rings. The topological polar surface area (TPSA) is 69.7 Å². The molecule has 0 radical (unpaired) electrons. The Balaban J connectivity index is 0.00000264. The number of carbonyl (C=O) groups is 2. The summed E-state index contributed by atoms with van der Waals surface area (Å²) in [5.74, 6) is -1.84. The number of benzene rings is 1. The number of amides is 1. The van der Waals surface area contributed by atoms with E-state index in [1.165, 1.54) is 4.90 Å². The molecule has 0 N–H and O–H groups in total. The molecule has 1 aliphatic rings. The first kappa shape index (κ1) is 20.6. The van der Waals surface area contributed by atoms with E-state index in [2.05, 4.69) is 0 Å². The van der Waals surface area contributed by atoms with Crippen LogP contribution in [0.3, 0.4) is 0 Å². The van der Waals surface area contributed by atoms with Crippen LogP contribution in [0.2, 0.25) is 0 Å². The summed E-state index contributed by atoms with van der Waals surface area (Å²) in [4.78, 5) is 25.4. The summed E-state index contributed by atoms with van der Waals surface area (Å²) >= 11 is 0. The molecule has 1 saturated heterocycles. The van der Waals surface area contributed by atoms with E-state index in [0.29, 0.717) is 13.0 Å². The summed E-state index contributed by atoms with van der Waals surface area (Å²) in [5, 5.41) is 11.5. The number of ether oxygens (including phenoxy) is 1. The molecule has 0 aromatic heterocycles. The molecule has 1 unspecified atom stereocenters. The maximum absolute atomic E-state index is 12.4. The molecule has 6 heteroatoms. The van der Waals surface area contributed by atoms with Crippen LogP contribution in [0.25, 0.3) is 0 Å². The largest absolute Gasteiger partial charge is 1.00 e. The van der Waals surface area contributed by atoms with E-state index in [9.17, 15) is 14.7 Å². The Morgan fingerprint density at radius 1 is 1.26 bits per heavy atom. The van der Waals surface area contributed by atoms with Gasteiger partial charge >= 0.3 is 57.5 Å². The smallest absolute Gasteiger partial charge is 0.550 e. The van der Waals surface area contributed by atoms with Gasteiger partial charge in [-0.2, -0.15) is 0 Å². The summed E-state index contributed by atoms with van der Waals surface area (Å²) in [5.41, 5.74) is 1.17. The van der Waals surface area contributed by atoms with Crippen molar-refractivity contribution in [3.63, 3.8) is 0 Å². The minimum atomic E-state index is -1.13. The monoisotopic (exact) mass is 343 g/mol. The molecule has 0 saturated carbocycles. The number of likely N-dealkylation sites (tertiary alicyclic amines) is 1. The second kappa shape index (κ2) is 8.12. The normalized spacial score (nSPS) is 20.8. The Bertz CT molecular complexity index is 582. The molecule has 1 heterocycles. The fourth-order valence-corrected chi connectivity index (χ4v) is 2.87. The molecular formula is C17H22KNO4. The van der Waals surface area contributed by atoms with Crippen LogP contribution in [0.5, 0.6) is 0 Å². The van der Waals surface area contributed by atoms with E-state index in [0.717, 1.165) is 11.1 Å². The van der Waals surface area contributed by atoms with E-state index < -0.39 is 29.6 Å². The molecule has 1 aliphatic heterocycles. The first-order valence-electron chi connectivity index (χ1n) is 7.46. The summed E-state index contributed by atoms with van der Waals surface area (Å²) in [6.07, 6.45) is -0.106. The van der Waals surface area contributed by atoms with Gasteiger partial charge in [-0.15, -0.1) is 0 Å². The van der Waals surface area contributed by atoms with Crippen LogP contribution in [0.1, 0.15) is 44.4 Å². The number of carbonyl (C=O) groups excluding carboxylic acids is 2. The van der Waals surface area contributed by atoms with Gasteiger partial charge in [0.25, 0.3) is 0 Å². The van der Waals surface area contributed by atoms with Crippen molar-refractivity contribution in [1.82, 2.24) is 4.90 Å².